The molecule has 1 saturated carbocycles. The van der Waals surface area contributed by atoms with Crippen LogP contribution >= 0.6 is 9.24 Å². The summed E-state index contributed by atoms with van der Waals surface area (Å²) in [6.45, 7) is 4.48. The summed E-state index contributed by atoms with van der Waals surface area (Å²) in [7, 11) is 2.36. The Balaban J connectivity index is 1.67. The predicted octanol–water partition coefficient (Wildman–Crippen LogP) is 5.69. The number of hydrogen-bond donors (Lipinski definition) is 2. The van der Waals surface area contributed by atoms with Gasteiger partial charge in [-0.1, -0.05) is 32.4 Å². The van der Waals surface area contributed by atoms with Crippen molar-refractivity contribution in [3.05, 3.63) is 65.6 Å². The quantitative estimate of drug-likeness (QED) is 0.458. The van der Waals surface area contributed by atoms with E-state index >= 15 is 0 Å². The zero-order chi connectivity index (χ0) is 24.4. The van der Waals surface area contributed by atoms with E-state index in [9.17, 15) is 13.6 Å². The van der Waals surface area contributed by atoms with Crippen molar-refractivity contribution in [2.75, 3.05) is 11.1 Å². The first-order valence-corrected chi connectivity index (χ1v) is 12.1. The number of amides is 1. The average molecular weight is 483 g/mol. The minimum atomic E-state index is -0.799. The number of nitrogens with one attached hydrogen (secondary N) is 1. The van der Waals surface area contributed by atoms with E-state index in [1.165, 1.54) is 18.6 Å². The Hall–Kier alpha value is -2.92. The van der Waals surface area contributed by atoms with Gasteiger partial charge in [-0.25, -0.2) is 13.8 Å². The van der Waals surface area contributed by atoms with E-state index in [2.05, 4.69) is 38.4 Å². The number of carbonyl (C=O) groups excluding carboxylic acids is 1. The van der Waals surface area contributed by atoms with Crippen LogP contribution in [0.4, 0.5) is 20.2 Å². The zero-order valence-corrected chi connectivity index (χ0v) is 20.5. The molecule has 0 radical (unpaired) electrons. The highest BCUT2D eigenvalue weighted by atomic mass is 31.0. The summed E-state index contributed by atoms with van der Waals surface area (Å²) in [5, 5.41) is 3.30. The molecule has 4 rings (SSSR count). The van der Waals surface area contributed by atoms with Gasteiger partial charge in [0, 0.05) is 17.8 Å². The van der Waals surface area contributed by atoms with Crippen molar-refractivity contribution in [2.24, 2.45) is 11.8 Å². The maximum Gasteiger partial charge on any atom is 0.276 e. The summed E-state index contributed by atoms with van der Waals surface area (Å²) in [5.74, 6) is -0.485. The standard InChI is InChI=1S/C26H29F2N4OP/c1-3-15-9-14(2)10-16(11-15)17-7-8-30-13-21(17)31-26(33)25-20(29)12-19(28)24(32-25)23-18(27)5-4-6-22(23)34/h4-8,12-16H,3,9-11,29,34H2,1-2H3,(H,31,33). The normalized spacial score (nSPS) is 20.2. The molecule has 5 nitrogen and oxygen atoms in total. The zero-order valence-electron chi connectivity index (χ0n) is 19.3. The number of pyridine rings is 2. The monoisotopic (exact) mass is 482 g/mol. The highest BCUT2D eigenvalue weighted by Crippen LogP contribution is 2.42. The van der Waals surface area contributed by atoms with Crippen molar-refractivity contribution in [1.29, 1.82) is 0 Å². The molecule has 4 unspecified atom stereocenters. The van der Waals surface area contributed by atoms with Gasteiger partial charge >= 0.3 is 0 Å². The van der Waals surface area contributed by atoms with Crippen LogP contribution in [0.25, 0.3) is 11.3 Å². The summed E-state index contributed by atoms with van der Waals surface area (Å²) in [6.07, 6.45) is 7.78. The molecule has 2 aromatic heterocycles. The van der Waals surface area contributed by atoms with Crippen molar-refractivity contribution >= 4 is 31.8 Å². The van der Waals surface area contributed by atoms with Gasteiger partial charge in [-0.2, -0.15) is 0 Å². The molecule has 1 fully saturated rings. The molecule has 8 heteroatoms. The van der Waals surface area contributed by atoms with Gasteiger partial charge in [0.05, 0.1) is 17.6 Å². The van der Waals surface area contributed by atoms with Gasteiger partial charge in [-0.3, -0.25) is 9.78 Å². The van der Waals surface area contributed by atoms with Crippen LogP contribution in [0.5, 0.6) is 0 Å². The Morgan fingerprint density at radius 2 is 2.00 bits per heavy atom. The van der Waals surface area contributed by atoms with Crippen LogP contribution in [0.2, 0.25) is 0 Å². The summed E-state index contributed by atoms with van der Waals surface area (Å²) >= 11 is 0. The number of halogens is 2. The second-order valence-electron chi connectivity index (χ2n) is 9.16. The molecule has 1 aliphatic carbocycles. The van der Waals surface area contributed by atoms with Gasteiger partial charge in [0.2, 0.25) is 0 Å². The number of hydrogen-bond acceptors (Lipinski definition) is 4. The number of aromatic nitrogens is 2. The second kappa shape index (κ2) is 10.1. The van der Waals surface area contributed by atoms with Gasteiger partial charge in [0.15, 0.2) is 11.5 Å². The van der Waals surface area contributed by atoms with Crippen LogP contribution in [0.3, 0.4) is 0 Å². The molecular formula is C26H29F2N4OP. The Kier molecular flexibility index (Phi) is 7.22. The van der Waals surface area contributed by atoms with Crippen LogP contribution in [0.15, 0.2) is 42.7 Å². The number of nitrogens with two attached hydrogens (primary N) is 1. The fraction of sp³-hybridized carbons (Fsp3) is 0.346. The smallest absolute Gasteiger partial charge is 0.276 e. The highest BCUT2D eigenvalue weighted by Gasteiger charge is 2.29. The molecule has 178 valence electrons. The first kappa shape index (κ1) is 24.2. The molecule has 0 aliphatic heterocycles. The van der Waals surface area contributed by atoms with Crippen LogP contribution in [0, 0.1) is 23.5 Å². The Labute approximate surface area is 200 Å². The van der Waals surface area contributed by atoms with E-state index in [1.807, 2.05) is 6.07 Å². The molecule has 1 aromatic carbocycles. The van der Waals surface area contributed by atoms with Crippen LogP contribution < -0.4 is 16.4 Å². The molecule has 34 heavy (non-hydrogen) atoms. The Bertz CT molecular complexity index is 1200. The lowest BCUT2D eigenvalue weighted by atomic mass is 9.72. The van der Waals surface area contributed by atoms with Crippen LogP contribution in [0.1, 0.15) is 61.5 Å². The number of carbonyl (C=O) groups is 1. The number of nitrogens with zero attached hydrogens (tertiary/aromatic N) is 2. The summed E-state index contributed by atoms with van der Waals surface area (Å²) in [6, 6.07) is 7.31. The van der Waals surface area contributed by atoms with Crippen molar-refractivity contribution in [3.63, 3.8) is 0 Å². The number of benzene rings is 1. The van der Waals surface area contributed by atoms with E-state index < -0.39 is 17.5 Å². The fourth-order valence-electron chi connectivity index (χ4n) is 5.03. The fourth-order valence-corrected chi connectivity index (χ4v) is 5.42. The summed E-state index contributed by atoms with van der Waals surface area (Å²) in [5.41, 5.74) is 6.99. The third kappa shape index (κ3) is 4.95. The lowest BCUT2D eigenvalue weighted by Gasteiger charge is -2.34. The Morgan fingerprint density at radius 3 is 2.74 bits per heavy atom. The second-order valence-corrected chi connectivity index (χ2v) is 9.78. The molecule has 0 spiro atoms. The van der Waals surface area contributed by atoms with Gasteiger partial charge in [0.25, 0.3) is 5.91 Å². The minimum Gasteiger partial charge on any atom is -0.397 e. The maximum atomic E-state index is 14.7. The van der Waals surface area contributed by atoms with Crippen LogP contribution in [-0.2, 0) is 0 Å². The van der Waals surface area contributed by atoms with Gasteiger partial charge < -0.3 is 11.1 Å². The van der Waals surface area contributed by atoms with Crippen molar-refractivity contribution in [1.82, 2.24) is 9.97 Å². The lowest BCUT2D eigenvalue weighted by Crippen LogP contribution is -2.22. The Morgan fingerprint density at radius 1 is 1.21 bits per heavy atom. The third-order valence-corrected chi connectivity index (χ3v) is 7.14. The summed E-state index contributed by atoms with van der Waals surface area (Å²) < 4.78 is 29.2. The lowest BCUT2D eigenvalue weighted by molar-refractivity contribution is 0.102. The molecule has 0 bridgehead atoms. The molecule has 0 saturated heterocycles. The van der Waals surface area contributed by atoms with Gasteiger partial charge in [-0.15, -0.1) is 9.24 Å². The van der Waals surface area contributed by atoms with E-state index in [1.54, 1.807) is 18.5 Å². The van der Waals surface area contributed by atoms with Crippen molar-refractivity contribution in [2.45, 2.75) is 45.4 Å². The van der Waals surface area contributed by atoms with Crippen molar-refractivity contribution in [3.8, 4) is 11.3 Å². The third-order valence-electron chi connectivity index (χ3n) is 6.66. The van der Waals surface area contributed by atoms with Crippen LogP contribution in [-0.4, -0.2) is 15.9 Å². The van der Waals surface area contributed by atoms with Gasteiger partial charge in [-0.05, 0) is 60.0 Å². The summed E-state index contributed by atoms with van der Waals surface area (Å²) in [4.78, 5) is 21.6. The van der Waals surface area contributed by atoms with Crippen molar-refractivity contribution < 1.29 is 13.6 Å². The molecule has 1 aliphatic rings. The highest BCUT2D eigenvalue weighted by molar-refractivity contribution is 7.28. The van der Waals surface area contributed by atoms with E-state index in [0.717, 1.165) is 30.9 Å². The van der Waals surface area contributed by atoms with E-state index in [4.69, 9.17) is 5.73 Å². The number of nitrogen functional groups attached to an aromatic ring is 1. The minimum absolute atomic E-state index is 0.0251. The average Bonchev–Trinajstić information content (AvgIpc) is 2.80. The largest absolute Gasteiger partial charge is 0.397 e. The molecule has 2 heterocycles. The van der Waals surface area contributed by atoms with E-state index in [0.29, 0.717) is 28.7 Å². The molecular weight excluding hydrogens is 453 g/mol. The first-order chi connectivity index (χ1) is 16.3. The number of rotatable bonds is 5. The molecule has 3 N–H and O–H groups in total. The molecule has 1 amide bonds. The first-order valence-electron chi connectivity index (χ1n) is 11.5. The predicted molar refractivity (Wildman–Crippen MR) is 135 cm³/mol. The topological polar surface area (TPSA) is 80.9 Å². The van der Waals surface area contributed by atoms with E-state index in [-0.39, 0.29) is 22.6 Å². The molecule has 3 aromatic rings. The van der Waals surface area contributed by atoms with Gasteiger partial charge in [0.1, 0.15) is 11.5 Å². The SMILES string of the molecule is CCC1CC(C)CC(c2ccncc2NC(=O)c2nc(-c3c(F)cccc3P)c(F)cc2N)C1. The maximum absolute atomic E-state index is 14.7. The molecule has 4 atom stereocenters. The number of anilines is 2.